The van der Waals surface area contributed by atoms with Gasteiger partial charge in [0, 0.05) is 37.7 Å². The second kappa shape index (κ2) is 6.48. The van der Waals surface area contributed by atoms with E-state index in [2.05, 4.69) is 70.4 Å². The Morgan fingerprint density at radius 3 is 2.35 bits per heavy atom. The highest BCUT2D eigenvalue weighted by atomic mass is 15.4. The summed E-state index contributed by atoms with van der Waals surface area (Å²) in [6.07, 6.45) is 5.47. The van der Waals surface area contributed by atoms with Crippen molar-refractivity contribution in [3.05, 3.63) is 72.1 Å². The van der Waals surface area contributed by atoms with Gasteiger partial charge in [0.1, 0.15) is 0 Å². The minimum Gasteiger partial charge on any atom is -0.378 e. The Kier molecular flexibility index (Phi) is 4.24. The molecule has 1 heterocycles. The second-order valence-electron chi connectivity index (χ2n) is 5.69. The lowest BCUT2D eigenvalue weighted by Crippen LogP contribution is -2.08. The van der Waals surface area contributed by atoms with E-state index in [1.165, 1.54) is 11.3 Å². The van der Waals surface area contributed by atoms with Gasteiger partial charge in [-0.15, -0.1) is 0 Å². The van der Waals surface area contributed by atoms with Crippen molar-refractivity contribution in [2.45, 2.75) is 6.92 Å². The molecule has 0 spiro atoms. The molecule has 0 saturated carbocycles. The Balaban J connectivity index is 1.83. The smallest absolute Gasteiger partial charge is 0.160 e. The summed E-state index contributed by atoms with van der Waals surface area (Å²) in [5, 5.41) is 4.53. The molecule has 23 heavy (non-hydrogen) atoms. The molecule has 0 unspecified atom stereocenters. The maximum atomic E-state index is 4.53. The number of hydrogen-bond donors (Lipinski definition) is 0. The van der Waals surface area contributed by atoms with Crippen molar-refractivity contribution in [3.8, 4) is 11.4 Å². The summed E-state index contributed by atoms with van der Waals surface area (Å²) in [5.41, 5.74) is 4.52. The van der Waals surface area contributed by atoms with Crippen molar-refractivity contribution in [2.24, 2.45) is 5.10 Å². The van der Waals surface area contributed by atoms with E-state index >= 15 is 0 Å². The molecule has 0 aliphatic rings. The van der Waals surface area contributed by atoms with E-state index in [1.807, 2.05) is 26.5 Å². The molecule has 0 fully saturated rings. The summed E-state index contributed by atoms with van der Waals surface area (Å²) >= 11 is 0. The van der Waals surface area contributed by atoms with Crippen LogP contribution >= 0.6 is 0 Å². The standard InChI is InChI=1S/C19H20N4/c1-15-4-8-17(9-5-15)19-20-12-13-23(19)21-14-16-6-10-18(11-7-16)22(2)3/h4-14H,1-3H3. The number of rotatable bonds is 4. The zero-order valence-electron chi connectivity index (χ0n) is 13.6. The summed E-state index contributed by atoms with van der Waals surface area (Å²) < 4.78 is 1.80. The third-order valence-electron chi connectivity index (χ3n) is 3.67. The summed E-state index contributed by atoms with van der Waals surface area (Å²) in [5.74, 6) is 0.839. The van der Waals surface area contributed by atoms with Gasteiger partial charge in [-0.05, 0) is 24.6 Å². The van der Waals surface area contributed by atoms with Crippen LogP contribution in [-0.4, -0.2) is 30.0 Å². The van der Waals surface area contributed by atoms with Gasteiger partial charge in [-0.2, -0.15) is 5.10 Å². The van der Waals surface area contributed by atoms with Crippen LogP contribution in [0.1, 0.15) is 11.1 Å². The molecular weight excluding hydrogens is 284 g/mol. The molecule has 0 amide bonds. The van der Waals surface area contributed by atoms with Crippen molar-refractivity contribution in [1.29, 1.82) is 0 Å². The fourth-order valence-electron chi connectivity index (χ4n) is 2.29. The van der Waals surface area contributed by atoms with E-state index in [-0.39, 0.29) is 0 Å². The number of nitrogens with zero attached hydrogens (tertiary/aromatic N) is 4. The van der Waals surface area contributed by atoms with Gasteiger partial charge in [-0.3, -0.25) is 0 Å². The minimum absolute atomic E-state index is 0.839. The van der Waals surface area contributed by atoms with Gasteiger partial charge in [-0.1, -0.05) is 42.0 Å². The normalized spacial score (nSPS) is 11.1. The zero-order chi connectivity index (χ0) is 16.2. The van der Waals surface area contributed by atoms with Crippen LogP contribution in [0.3, 0.4) is 0 Å². The highest BCUT2D eigenvalue weighted by Crippen LogP contribution is 2.18. The number of anilines is 1. The largest absolute Gasteiger partial charge is 0.378 e. The van der Waals surface area contributed by atoms with Crippen LogP contribution < -0.4 is 4.90 Å². The first-order chi connectivity index (χ1) is 11.1. The van der Waals surface area contributed by atoms with Gasteiger partial charge >= 0.3 is 0 Å². The molecule has 0 radical (unpaired) electrons. The number of aryl methyl sites for hydroxylation is 1. The van der Waals surface area contributed by atoms with Crippen LogP contribution in [0.2, 0.25) is 0 Å². The predicted molar refractivity (Wildman–Crippen MR) is 96.2 cm³/mol. The fraction of sp³-hybridized carbons (Fsp3) is 0.158. The number of benzene rings is 2. The summed E-state index contributed by atoms with van der Waals surface area (Å²) in [4.78, 5) is 6.48. The van der Waals surface area contributed by atoms with Crippen molar-refractivity contribution in [3.63, 3.8) is 0 Å². The highest BCUT2D eigenvalue weighted by molar-refractivity contribution is 5.80. The van der Waals surface area contributed by atoms with Crippen LogP contribution in [-0.2, 0) is 0 Å². The third kappa shape index (κ3) is 3.48. The first kappa shape index (κ1) is 15.0. The van der Waals surface area contributed by atoms with Gasteiger partial charge in [-0.25, -0.2) is 9.66 Å². The SMILES string of the molecule is Cc1ccc(-c2nccn2N=Cc2ccc(N(C)C)cc2)cc1. The molecule has 2 aromatic carbocycles. The lowest BCUT2D eigenvalue weighted by atomic mass is 10.1. The monoisotopic (exact) mass is 304 g/mol. The Labute approximate surface area is 136 Å². The lowest BCUT2D eigenvalue weighted by Gasteiger charge is -2.11. The quantitative estimate of drug-likeness (QED) is 0.687. The molecule has 1 aromatic heterocycles. The molecule has 3 rings (SSSR count). The Bertz CT molecular complexity index is 796. The molecule has 0 N–H and O–H groups in total. The van der Waals surface area contributed by atoms with Gasteiger partial charge in [0.05, 0.1) is 6.21 Å². The van der Waals surface area contributed by atoms with Crippen LogP contribution in [0.15, 0.2) is 66.0 Å². The molecule has 4 heteroatoms. The first-order valence-corrected chi connectivity index (χ1v) is 7.55. The first-order valence-electron chi connectivity index (χ1n) is 7.55. The van der Waals surface area contributed by atoms with E-state index in [9.17, 15) is 0 Å². The van der Waals surface area contributed by atoms with E-state index in [0.717, 1.165) is 17.0 Å². The summed E-state index contributed by atoms with van der Waals surface area (Å²) in [7, 11) is 4.06. The molecule has 0 bridgehead atoms. The molecule has 0 saturated heterocycles. The predicted octanol–water partition coefficient (Wildman–Crippen LogP) is 3.81. The van der Waals surface area contributed by atoms with Crippen molar-refractivity contribution in [2.75, 3.05) is 19.0 Å². The second-order valence-corrected chi connectivity index (χ2v) is 5.69. The maximum Gasteiger partial charge on any atom is 0.160 e. The molecule has 0 atom stereocenters. The fourth-order valence-corrected chi connectivity index (χ4v) is 2.29. The Hall–Kier alpha value is -2.88. The van der Waals surface area contributed by atoms with E-state index in [1.54, 1.807) is 10.9 Å². The van der Waals surface area contributed by atoms with Crippen LogP contribution in [0.4, 0.5) is 5.69 Å². The Morgan fingerprint density at radius 2 is 1.70 bits per heavy atom. The van der Waals surface area contributed by atoms with E-state index < -0.39 is 0 Å². The average Bonchev–Trinajstić information content (AvgIpc) is 3.02. The average molecular weight is 304 g/mol. The van der Waals surface area contributed by atoms with Crippen LogP contribution in [0.5, 0.6) is 0 Å². The molecule has 0 aliphatic carbocycles. The maximum absolute atomic E-state index is 4.53. The number of hydrogen-bond acceptors (Lipinski definition) is 3. The lowest BCUT2D eigenvalue weighted by molar-refractivity contribution is 0.893. The van der Waals surface area contributed by atoms with Crippen LogP contribution in [0, 0.1) is 6.92 Å². The topological polar surface area (TPSA) is 33.4 Å². The molecule has 116 valence electrons. The van der Waals surface area contributed by atoms with Crippen molar-refractivity contribution >= 4 is 11.9 Å². The summed E-state index contributed by atoms with van der Waals surface area (Å²) in [6, 6.07) is 16.6. The van der Waals surface area contributed by atoms with Gasteiger partial charge < -0.3 is 4.90 Å². The van der Waals surface area contributed by atoms with Gasteiger partial charge in [0.15, 0.2) is 5.82 Å². The van der Waals surface area contributed by atoms with Gasteiger partial charge in [0.2, 0.25) is 0 Å². The molecule has 0 aliphatic heterocycles. The van der Waals surface area contributed by atoms with E-state index in [4.69, 9.17) is 0 Å². The minimum atomic E-state index is 0.839. The molecule has 4 nitrogen and oxygen atoms in total. The highest BCUT2D eigenvalue weighted by Gasteiger charge is 2.04. The number of imidazole rings is 1. The molecular formula is C19H20N4. The van der Waals surface area contributed by atoms with Crippen molar-refractivity contribution in [1.82, 2.24) is 9.66 Å². The van der Waals surface area contributed by atoms with Crippen molar-refractivity contribution < 1.29 is 0 Å². The number of aromatic nitrogens is 2. The molecule has 3 aromatic rings. The van der Waals surface area contributed by atoms with E-state index in [0.29, 0.717) is 0 Å². The van der Waals surface area contributed by atoms with Crippen LogP contribution in [0.25, 0.3) is 11.4 Å². The summed E-state index contributed by atoms with van der Waals surface area (Å²) in [6.45, 7) is 2.08. The Morgan fingerprint density at radius 1 is 1.00 bits per heavy atom. The zero-order valence-corrected chi connectivity index (χ0v) is 13.6. The third-order valence-corrected chi connectivity index (χ3v) is 3.67. The van der Waals surface area contributed by atoms with Gasteiger partial charge in [0.25, 0.3) is 0 Å².